The van der Waals surface area contributed by atoms with Crippen LogP contribution >= 0.6 is 24.4 Å². The molecule has 1 fully saturated rings. The number of thioether (sulfide) groups is 1. The Bertz CT molecular complexity index is 413. The highest BCUT2D eigenvalue weighted by Crippen LogP contribution is 2.20. The molecule has 1 heterocycles. The van der Waals surface area contributed by atoms with Crippen molar-refractivity contribution in [3.8, 4) is 0 Å². The van der Waals surface area contributed by atoms with Crippen LogP contribution in [0.25, 0.3) is 10.8 Å². The van der Waals surface area contributed by atoms with Gasteiger partial charge >= 0.3 is 0 Å². The van der Waals surface area contributed by atoms with Crippen LogP contribution in [0.4, 0.5) is 0 Å². The quantitative estimate of drug-likeness (QED) is 0.519. The first-order valence-corrected chi connectivity index (χ1v) is 6.22. The van der Waals surface area contributed by atoms with Gasteiger partial charge in [0.05, 0.1) is 0 Å². The summed E-state index contributed by atoms with van der Waals surface area (Å²) in [5.41, 5.74) is 0. The molecule has 0 unspecified atom stereocenters. The SMILES string of the molecule is C1CS1.Sc1cccc2ccccc12. The summed E-state index contributed by atoms with van der Waals surface area (Å²) < 4.78 is 0. The summed E-state index contributed by atoms with van der Waals surface area (Å²) in [4.78, 5) is 1.04. The molecule has 14 heavy (non-hydrogen) atoms. The lowest BCUT2D eigenvalue weighted by atomic mass is 10.1. The molecule has 72 valence electrons. The first kappa shape index (κ1) is 9.94. The predicted molar refractivity (Wildman–Crippen MR) is 68.5 cm³/mol. The van der Waals surface area contributed by atoms with E-state index < -0.39 is 0 Å². The second kappa shape index (κ2) is 4.76. The van der Waals surface area contributed by atoms with Crippen LogP contribution in [0.5, 0.6) is 0 Å². The van der Waals surface area contributed by atoms with Gasteiger partial charge in [-0.25, -0.2) is 0 Å². The third-order valence-corrected chi connectivity index (χ3v) is 2.77. The Morgan fingerprint density at radius 1 is 0.929 bits per heavy atom. The maximum atomic E-state index is 4.35. The molecular formula is C12H12S2. The Kier molecular flexibility index (Phi) is 3.38. The average Bonchev–Trinajstić information content (AvgIpc) is 3.05. The summed E-state index contributed by atoms with van der Waals surface area (Å²) in [6, 6.07) is 14.4. The molecule has 0 nitrogen and oxygen atoms in total. The van der Waals surface area contributed by atoms with Crippen molar-refractivity contribution in [3.05, 3.63) is 42.5 Å². The standard InChI is InChI=1S/C10H8S.C2H4S/c11-10-7-3-5-8-4-1-2-6-9(8)10;1-2-3-1/h1-7,11H;1-2H2. The molecule has 2 aromatic carbocycles. The zero-order valence-corrected chi connectivity index (χ0v) is 9.52. The third-order valence-electron chi connectivity index (χ3n) is 1.97. The zero-order valence-electron chi connectivity index (χ0n) is 7.81. The molecule has 0 N–H and O–H groups in total. The largest absolute Gasteiger partial charge is 0.160 e. The van der Waals surface area contributed by atoms with Crippen molar-refractivity contribution in [1.82, 2.24) is 0 Å². The molecule has 0 amide bonds. The van der Waals surface area contributed by atoms with Crippen molar-refractivity contribution >= 4 is 35.2 Å². The predicted octanol–water partition coefficient (Wildman–Crippen LogP) is 3.86. The van der Waals surface area contributed by atoms with E-state index in [1.54, 1.807) is 0 Å². The molecule has 0 spiro atoms. The fraction of sp³-hybridized carbons (Fsp3) is 0.167. The maximum Gasteiger partial charge on any atom is 0.0119 e. The van der Waals surface area contributed by atoms with Crippen LogP contribution in [-0.2, 0) is 0 Å². The van der Waals surface area contributed by atoms with Crippen LogP contribution in [0.1, 0.15) is 0 Å². The fourth-order valence-electron chi connectivity index (χ4n) is 1.21. The van der Waals surface area contributed by atoms with Crippen molar-refractivity contribution in [2.75, 3.05) is 11.5 Å². The zero-order chi connectivity index (χ0) is 9.80. The third kappa shape index (κ3) is 2.69. The summed E-state index contributed by atoms with van der Waals surface area (Å²) in [6.07, 6.45) is 0. The summed E-state index contributed by atoms with van der Waals surface area (Å²) in [5.74, 6) is 2.83. The average molecular weight is 220 g/mol. The van der Waals surface area contributed by atoms with Gasteiger partial charge in [0.1, 0.15) is 0 Å². The van der Waals surface area contributed by atoms with Crippen LogP contribution in [0, 0.1) is 0 Å². The molecule has 0 aromatic heterocycles. The van der Waals surface area contributed by atoms with E-state index in [4.69, 9.17) is 0 Å². The van der Waals surface area contributed by atoms with Gasteiger partial charge in [0.25, 0.3) is 0 Å². The highest BCUT2D eigenvalue weighted by Gasteiger charge is 1.95. The molecule has 0 atom stereocenters. The molecule has 1 saturated heterocycles. The van der Waals surface area contributed by atoms with E-state index in [2.05, 4.69) is 30.8 Å². The molecule has 1 aliphatic rings. The minimum Gasteiger partial charge on any atom is -0.160 e. The number of rotatable bonds is 0. The van der Waals surface area contributed by atoms with Gasteiger partial charge in [0.2, 0.25) is 0 Å². The van der Waals surface area contributed by atoms with Gasteiger partial charge in [-0.3, -0.25) is 0 Å². The van der Waals surface area contributed by atoms with Gasteiger partial charge in [0, 0.05) is 16.4 Å². The number of benzene rings is 2. The minimum absolute atomic E-state index is 1.04. The van der Waals surface area contributed by atoms with E-state index in [-0.39, 0.29) is 0 Å². The molecule has 2 heteroatoms. The minimum atomic E-state index is 1.04. The maximum absolute atomic E-state index is 4.35. The first-order chi connectivity index (χ1) is 6.88. The molecule has 2 aromatic rings. The lowest BCUT2D eigenvalue weighted by Crippen LogP contribution is -1.71. The van der Waals surface area contributed by atoms with Crippen LogP contribution in [0.3, 0.4) is 0 Å². The van der Waals surface area contributed by atoms with Crippen molar-refractivity contribution in [2.24, 2.45) is 0 Å². The summed E-state index contributed by atoms with van der Waals surface area (Å²) in [5, 5.41) is 2.47. The number of hydrogen-bond acceptors (Lipinski definition) is 2. The Labute approximate surface area is 94.1 Å². The van der Waals surface area contributed by atoms with E-state index in [1.165, 1.54) is 22.3 Å². The van der Waals surface area contributed by atoms with Crippen molar-refractivity contribution in [2.45, 2.75) is 4.90 Å². The lowest BCUT2D eigenvalue weighted by molar-refractivity contribution is 1.56. The smallest absolute Gasteiger partial charge is 0.0119 e. The monoisotopic (exact) mass is 220 g/mol. The van der Waals surface area contributed by atoms with Crippen molar-refractivity contribution in [1.29, 1.82) is 0 Å². The van der Waals surface area contributed by atoms with Gasteiger partial charge in [-0.15, -0.1) is 12.6 Å². The topological polar surface area (TPSA) is 0 Å². The molecule has 1 aliphatic heterocycles. The highest BCUT2D eigenvalue weighted by molar-refractivity contribution is 8.06. The van der Waals surface area contributed by atoms with Gasteiger partial charge < -0.3 is 0 Å². The van der Waals surface area contributed by atoms with Gasteiger partial charge in [-0.1, -0.05) is 36.4 Å². The molecule has 0 saturated carbocycles. The number of hydrogen-bond donors (Lipinski definition) is 1. The molecular weight excluding hydrogens is 208 g/mol. The van der Waals surface area contributed by atoms with E-state index in [1.807, 2.05) is 36.0 Å². The summed E-state index contributed by atoms with van der Waals surface area (Å²) in [7, 11) is 0. The van der Waals surface area contributed by atoms with Crippen molar-refractivity contribution in [3.63, 3.8) is 0 Å². The molecule has 0 radical (unpaired) electrons. The van der Waals surface area contributed by atoms with Gasteiger partial charge in [-0.05, 0) is 16.8 Å². The molecule has 3 rings (SSSR count). The molecule has 0 aliphatic carbocycles. The Morgan fingerprint density at radius 2 is 1.57 bits per heavy atom. The van der Waals surface area contributed by atoms with Crippen LogP contribution < -0.4 is 0 Å². The number of thiol groups is 1. The first-order valence-electron chi connectivity index (χ1n) is 4.62. The lowest BCUT2D eigenvalue weighted by Gasteiger charge is -1.98. The van der Waals surface area contributed by atoms with E-state index in [9.17, 15) is 0 Å². The van der Waals surface area contributed by atoms with Crippen LogP contribution in [0.15, 0.2) is 47.4 Å². The normalized spacial score (nSPS) is 13.2. The van der Waals surface area contributed by atoms with E-state index in [0.717, 1.165) is 4.90 Å². The fourth-order valence-corrected chi connectivity index (χ4v) is 1.50. The van der Waals surface area contributed by atoms with Gasteiger partial charge in [-0.2, -0.15) is 11.8 Å². The van der Waals surface area contributed by atoms with Gasteiger partial charge in [0.15, 0.2) is 0 Å². The van der Waals surface area contributed by atoms with E-state index >= 15 is 0 Å². The van der Waals surface area contributed by atoms with Crippen LogP contribution in [-0.4, -0.2) is 11.5 Å². The Hall–Kier alpha value is -0.600. The Balaban J connectivity index is 0.000000214. The summed E-state index contributed by atoms with van der Waals surface area (Å²) in [6.45, 7) is 0. The second-order valence-electron chi connectivity index (χ2n) is 3.11. The second-order valence-corrected chi connectivity index (χ2v) is 4.82. The summed E-state index contributed by atoms with van der Waals surface area (Å²) >= 11 is 6.35. The van der Waals surface area contributed by atoms with Crippen molar-refractivity contribution < 1.29 is 0 Å². The van der Waals surface area contributed by atoms with Crippen LogP contribution in [0.2, 0.25) is 0 Å². The Morgan fingerprint density at radius 3 is 2.21 bits per heavy atom. The molecule has 0 bridgehead atoms. The van der Waals surface area contributed by atoms with E-state index in [0.29, 0.717) is 0 Å². The highest BCUT2D eigenvalue weighted by atomic mass is 32.2. The number of fused-ring (bicyclic) bond motifs is 1.